The van der Waals surface area contributed by atoms with Gasteiger partial charge in [-0.15, -0.1) is 0 Å². The summed E-state index contributed by atoms with van der Waals surface area (Å²) >= 11 is 0. The van der Waals surface area contributed by atoms with Crippen molar-refractivity contribution in [2.45, 2.75) is 32.6 Å². The van der Waals surface area contributed by atoms with Crippen molar-refractivity contribution in [2.24, 2.45) is 12.5 Å². The fourth-order valence-corrected chi connectivity index (χ4v) is 2.48. The molecule has 1 aliphatic carbocycles. The standard InChI is InChI=1S/C11H16N2O2/c1-11(2)5-4-7-6-12-13(3)9(7)8(11)10(14)15/h6,8H,4-5H2,1-3H3,(H,14,15). The number of aliphatic carboxylic acids is 1. The fraction of sp³-hybridized carbons (Fsp3) is 0.636. The zero-order valence-electron chi connectivity index (χ0n) is 9.32. The van der Waals surface area contributed by atoms with Gasteiger partial charge in [-0.25, -0.2) is 0 Å². The number of rotatable bonds is 1. The van der Waals surface area contributed by atoms with Gasteiger partial charge in [-0.1, -0.05) is 13.8 Å². The molecule has 0 aromatic carbocycles. The average Bonchev–Trinajstić information content (AvgIpc) is 2.46. The lowest BCUT2D eigenvalue weighted by Gasteiger charge is -2.36. The minimum absolute atomic E-state index is 0.188. The van der Waals surface area contributed by atoms with Crippen LogP contribution in [0.5, 0.6) is 0 Å². The molecule has 1 aliphatic rings. The molecule has 0 amide bonds. The summed E-state index contributed by atoms with van der Waals surface area (Å²) in [6.45, 7) is 4.03. The van der Waals surface area contributed by atoms with Gasteiger partial charge in [-0.3, -0.25) is 9.48 Å². The van der Waals surface area contributed by atoms with Crippen molar-refractivity contribution in [3.63, 3.8) is 0 Å². The number of aryl methyl sites for hydroxylation is 2. The first kappa shape index (κ1) is 10.2. The maximum atomic E-state index is 11.3. The summed E-state index contributed by atoms with van der Waals surface area (Å²) in [7, 11) is 1.82. The van der Waals surface area contributed by atoms with E-state index >= 15 is 0 Å². The second kappa shape index (κ2) is 3.08. The highest BCUT2D eigenvalue weighted by Gasteiger charge is 2.42. The fourth-order valence-electron chi connectivity index (χ4n) is 2.48. The van der Waals surface area contributed by atoms with Gasteiger partial charge in [0.15, 0.2) is 0 Å². The summed E-state index contributed by atoms with van der Waals surface area (Å²) < 4.78 is 1.70. The second-order valence-electron chi connectivity index (χ2n) is 4.94. The number of hydrogen-bond acceptors (Lipinski definition) is 2. The van der Waals surface area contributed by atoms with Gasteiger partial charge in [0.25, 0.3) is 0 Å². The molecule has 0 saturated heterocycles. The van der Waals surface area contributed by atoms with E-state index in [0.29, 0.717) is 0 Å². The van der Waals surface area contributed by atoms with Crippen molar-refractivity contribution in [2.75, 3.05) is 0 Å². The summed E-state index contributed by atoms with van der Waals surface area (Å²) in [5, 5.41) is 13.5. The molecule has 0 aliphatic heterocycles. The highest BCUT2D eigenvalue weighted by Crippen LogP contribution is 2.44. The lowest BCUT2D eigenvalue weighted by atomic mass is 9.68. The summed E-state index contributed by atoms with van der Waals surface area (Å²) in [5.74, 6) is -1.18. The third kappa shape index (κ3) is 1.44. The van der Waals surface area contributed by atoms with Crippen molar-refractivity contribution in [3.8, 4) is 0 Å². The quantitative estimate of drug-likeness (QED) is 0.762. The highest BCUT2D eigenvalue weighted by molar-refractivity contribution is 5.77. The van der Waals surface area contributed by atoms with E-state index < -0.39 is 11.9 Å². The Morgan fingerprint density at radius 2 is 2.33 bits per heavy atom. The number of nitrogens with zero attached hydrogens (tertiary/aromatic N) is 2. The van der Waals surface area contributed by atoms with Crippen LogP contribution in [0.1, 0.15) is 37.4 Å². The van der Waals surface area contributed by atoms with Crippen LogP contribution in [0.15, 0.2) is 6.20 Å². The Balaban J connectivity index is 2.56. The van der Waals surface area contributed by atoms with Gasteiger partial charge in [-0.05, 0) is 23.8 Å². The number of hydrogen-bond donors (Lipinski definition) is 1. The lowest BCUT2D eigenvalue weighted by molar-refractivity contribution is -0.142. The maximum Gasteiger partial charge on any atom is 0.313 e. The van der Waals surface area contributed by atoms with E-state index in [1.54, 1.807) is 10.9 Å². The molecular formula is C11H16N2O2. The van der Waals surface area contributed by atoms with Crippen molar-refractivity contribution in [1.82, 2.24) is 9.78 Å². The molecule has 0 fully saturated rings. The van der Waals surface area contributed by atoms with Crippen molar-refractivity contribution in [1.29, 1.82) is 0 Å². The molecule has 1 aromatic rings. The van der Waals surface area contributed by atoms with E-state index in [2.05, 4.69) is 5.10 Å². The summed E-state index contributed by atoms with van der Waals surface area (Å²) in [4.78, 5) is 11.3. The van der Waals surface area contributed by atoms with Crippen molar-refractivity contribution >= 4 is 5.97 Å². The van der Waals surface area contributed by atoms with Crippen LogP contribution in [0.4, 0.5) is 0 Å². The summed E-state index contributed by atoms with van der Waals surface area (Å²) in [6, 6.07) is 0. The van der Waals surface area contributed by atoms with Crippen LogP contribution < -0.4 is 0 Å². The molecule has 1 unspecified atom stereocenters. The van der Waals surface area contributed by atoms with Gasteiger partial charge in [0.05, 0.1) is 11.9 Å². The number of aromatic nitrogens is 2. The minimum atomic E-state index is -0.746. The van der Waals surface area contributed by atoms with E-state index in [-0.39, 0.29) is 5.41 Å². The largest absolute Gasteiger partial charge is 0.481 e. The van der Waals surface area contributed by atoms with Gasteiger partial charge in [-0.2, -0.15) is 5.10 Å². The molecule has 0 saturated carbocycles. The Morgan fingerprint density at radius 1 is 1.67 bits per heavy atom. The molecule has 2 rings (SSSR count). The Morgan fingerprint density at radius 3 is 2.93 bits per heavy atom. The Labute approximate surface area is 88.9 Å². The first-order valence-electron chi connectivity index (χ1n) is 5.17. The monoisotopic (exact) mass is 208 g/mol. The molecule has 0 radical (unpaired) electrons. The molecular weight excluding hydrogens is 192 g/mol. The van der Waals surface area contributed by atoms with Crippen LogP contribution in [-0.4, -0.2) is 20.9 Å². The van der Waals surface area contributed by atoms with E-state index in [4.69, 9.17) is 0 Å². The van der Waals surface area contributed by atoms with Gasteiger partial charge < -0.3 is 5.11 Å². The lowest BCUT2D eigenvalue weighted by Crippen LogP contribution is -2.34. The third-order valence-corrected chi connectivity index (χ3v) is 3.40. The first-order valence-corrected chi connectivity index (χ1v) is 5.17. The predicted molar refractivity (Wildman–Crippen MR) is 55.7 cm³/mol. The number of carbonyl (C=O) groups is 1. The normalized spacial score (nSPS) is 23.5. The van der Waals surface area contributed by atoms with E-state index in [1.807, 2.05) is 20.9 Å². The van der Waals surface area contributed by atoms with Gasteiger partial charge in [0.2, 0.25) is 0 Å². The first-order chi connectivity index (χ1) is 6.93. The number of carboxylic acids is 1. The van der Waals surface area contributed by atoms with Gasteiger partial charge in [0, 0.05) is 7.05 Å². The van der Waals surface area contributed by atoms with Crippen LogP contribution >= 0.6 is 0 Å². The zero-order valence-corrected chi connectivity index (χ0v) is 9.32. The molecule has 0 spiro atoms. The van der Waals surface area contributed by atoms with E-state index in [9.17, 15) is 9.90 Å². The molecule has 15 heavy (non-hydrogen) atoms. The molecule has 82 valence electrons. The maximum absolute atomic E-state index is 11.3. The predicted octanol–water partition coefficient (Wildman–Crippen LogP) is 1.56. The molecule has 1 heterocycles. The summed E-state index contributed by atoms with van der Waals surface area (Å²) in [6.07, 6.45) is 3.63. The van der Waals surface area contributed by atoms with E-state index in [0.717, 1.165) is 24.1 Å². The van der Waals surface area contributed by atoms with Crippen LogP contribution in [0.3, 0.4) is 0 Å². The van der Waals surface area contributed by atoms with Crippen LogP contribution in [0.25, 0.3) is 0 Å². The van der Waals surface area contributed by atoms with Crippen LogP contribution in [-0.2, 0) is 18.3 Å². The Bertz CT molecular complexity index is 407. The van der Waals surface area contributed by atoms with Gasteiger partial charge >= 0.3 is 5.97 Å². The number of carboxylic acid groups (broad SMARTS) is 1. The molecule has 1 aromatic heterocycles. The Kier molecular flexibility index (Phi) is 2.10. The third-order valence-electron chi connectivity index (χ3n) is 3.40. The van der Waals surface area contributed by atoms with Crippen LogP contribution in [0.2, 0.25) is 0 Å². The molecule has 1 N–H and O–H groups in total. The number of fused-ring (bicyclic) bond motifs is 1. The summed E-state index contributed by atoms with van der Waals surface area (Å²) in [5.41, 5.74) is 1.77. The van der Waals surface area contributed by atoms with Crippen molar-refractivity contribution < 1.29 is 9.90 Å². The van der Waals surface area contributed by atoms with Crippen LogP contribution in [0, 0.1) is 5.41 Å². The molecule has 4 heteroatoms. The van der Waals surface area contributed by atoms with Crippen molar-refractivity contribution in [3.05, 3.63) is 17.5 Å². The highest BCUT2D eigenvalue weighted by atomic mass is 16.4. The smallest absolute Gasteiger partial charge is 0.313 e. The molecule has 1 atom stereocenters. The second-order valence-corrected chi connectivity index (χ2v) is 4.94. The zero-order chi connectivity index (χ0) is 11.2. The Hall–Kier alpha value is -1.32. The van der Waals surface area contributed by atoms with Gasteiger partial charge in [0.1, 0.15) is 5.92 Å². The molecule has 0 bridgehead atoms. The topological polar surface area (TPSA) is 55.1 Å². The SMILES string of the molecule is Cn1ncc2c1C(C(=O)O)C(C)(C)CC2. The van der Waals surface area contributed by atoms with E-state index in [1.165, 1.54) is 0 Å². The minimum Gasteiger partial charge on any atom is -0.481 e. The molecule has 4 nitrogen and oxygen atoms in total. The average molecular weight is 208 g/mol.